The molecule has 0 amide bonds. The molecule has 0 aromatic rings. The number of rotatable bonds is 4. The Labute approximate surface area is 143 Å². The average molecular weight is 370 g/mol. The third kappa shape index (κ3) is 3.55. The Morgan fingerprint density at radius 3 is 1.96 bits per heavy atom. The van der Waals surface area contributed by atoms with Crippen LogP contribution in [0.25, 0.3) is 0 Å². The van der Waals surface area contributed by atoms with E-state index < -0.39 is 73.6 Å². The minimum absolute atomic E-state index is 0.676. The summed E-state index contributed by atoms with van der Waals surface area (Å²) >= 11 is 0. The number of aliphatic hydroxyl groups is 8. The molecule has 2 heterocycles. The first kappa shape index (κ1) is 20.9. The van der Waals surface area contributed by atoms with Gasteiger partial charge in [0, 0.05) is 0 Å². The van der Waals surface area contributed by atoms with Crippen molar-refractivity contribution in [2.75, 3.05) is 13.2 Å². The fourth-order valence-corrected chi connectivity index (χ4v) is 2.92. The molecule has 0 aliphatic carbocycles. The van der Waals surface area contributed by atoms with Gasteiger partial charge in [0.1, 0.15) is 48.3 Å². The van der Waals surface area contributed by atoms with Gasteiger partial charge in [-0.25, -0.2) is 0 Å². The Bertz CT molecular complexity index is 454. The maximum absolute atomic E-state index is 10.4. The van der Waals surface area contributed by atoms with E-state index in [2.05, 4.69) is 0 Å². The third-order valence-electron chi connectivity index (χ3n) is 4.89. The number of hydrogen-bond acceptors (Lipinski definition) is 11. The summed E-state index contributed by atoms with van der Waals surface area (Å²) < 4.78 is 15.7. The van der Waals surface area contributed by atoms with Crippen LogP contribution in [0.1, 0.15) is 13.8 Å². The molecule has 25 heavy (non-hydrogen) atoms. The summed E-state index contributed by atoms with van der Waals surface area (Å²) in [6, 6.07) is 0. The van der Waals surface area contributed by atoms with Gasteiger partial charge in [-0.1, -0.05) is 0 Å². The van der Waals surface area contributed by atoms with Gasteiger partial charge in [-0.05, 0) is 13.8 Å². The second-order valence-electron chi connectivity index (χ2n) is 6.71. The van der Waals surface area contributed by atoms with Crippen molar-refractivity contribution in [3.63, 3.8) is 0 Å². The SMILES string of the molecule is CC1(O)O[C@H](CO)[C@@H](OC2O[C@H](CO)C(O)C(O)C2O)[C@H](O)[C@@]1(C)O. The summed E-state index contributed by atoms with van der Waals surface area (Å²) in [5.74, 6) is -2.20. The number of aliphatic hydroxyl groups excluding tert-OH is 6. The van der Waals surface area contributed by atoms with Crippen molar-refractivity contribution in [2.24, 2.45) is 0 Å². The molecule has 11 heteroatoms. The summed E-state index contributed by atoms with van der Waals surface area (Å²) in [5.41, 5.74) is -2.20. The normalized spacial score (nSPS) is 54.5. The molecule has 2 aliphatic heterocycles. The molecule has 2 rings (SSSR count). The molecule has 0 radical (unpaired) electrons. The van der Waals surface area contributed by atoms with Gasteiger partial charge in [-0.2, -0.15) is 0 Å². The fourth-order valence-electron chi connectivity index (χ4n) is 2.92. The summed E-state index contributed by atoms with van der Waals surface area (Å²) in [6.45, 7) is 0.813. The van der Waals surface area contributed by atoms with E-state index >= 15 is 0 Å². The van der Waals surface area contributed by atoms with Gasteiger partial charge in [0.2, 0.25) is 0 Å². The van der Waals surface area contributed by atoms with Gasteiger partial charge in [-0.3, -0.25) is 0 Å². The molecular weight excluding hydrogens is 344 g/mol. The maximum Gasteiger partial charge on any atom is 0.194 e. The molecule has 10 atom stereocenters. The van der Waals surface area contributed by atoms with Crippen molar-refractivity contribution >= 4 is 0 Å². The summed E-state index contributed by atoms with van der Waals surface area (Å²) in [6.07, 6.45) is -12.4. The molecule has 0 saturated carbocycles. The third-order valence-corrected chi connectivity index (χ3v) is 4.89. The Hall–Kier alpha value is -0.440. The Balaban J connectivity index is 2.21. The molecule has 8 N–H and O–H groups in total. The van der Waals surface area contributed by atoms with Crippen LogP contribution in [0.2, 0.25) is 0 Å². The zero-order chi connectivity index (χ0) is 19.2. The van der Waals surface area contributed by atoms with E-state index in [-0.39, 0.29) is 0 Å². The summed E-state index contributed by atoms with van der Waals surface area (Å²) in [5, 5.41) is 78.9. The largest absolute Gasteiger partial charge is 0.394 e. The highest BCUT2D eigenvalue weighted by Gasteiger charge is 2.60. The quantitative estimate of drug-likeness (QED) is 0.238. The molecule has 2 fully saturated rings. The van der Waals surface area contributed by atoms with Crippen LogP contribution in [0.4, 0.5) is 0 Å². The number of hydrogen-bond donors (Lipinski definition) is 8. The summed E-state index contributed by atoms with van der Waals surface area (Å²) in [4.78, 5) is 0. The van der Waals surface area contributed by atoms with Crippen molar-refractivity contribution in [3.05, 3.63) is 0 Å². The van der Waals surface area contributed by atoms with Crippen molar-refractivity contribution in [3.8, 4) is 0 Å². The minimum Gasteiger partial charge on any atom is -0.394 e. The standard InChI is InChI=1S/C14H26O11/c1-13(21)11(20)10(6(4-16)25-14(13,2)22)24-12-9(19)8(18)7(17)5(3-15)23-12/h5-12,15-22H,3-4H2,1-2H3/t5-,6-,7?,8?,9?,10-,11+,12?,13-,14?/m1/s1. The highest BCUT2D eigenvalue weighted by molar-refractivity contribution is 5.04. The van der Waals surface area contributed by atoms with Gasteiger partial charge >= 0.3 is 0 Å². The highest BCUT2D eigenvalue weighted by Crippen LogP contribution is 2.38. The van der Waals surface area contributed by atoms with Crippen molar-refractivity contribution in [1.29, 1.82) is 0 Å². The average Bonchev–Trinajstić information content (AvgIpc) is 2.55. The predicted molar refractivity (Wildman–Crippen MR) is 77.9 cm³/mol. The van der Waals surface area contributed by atoms with Gasteiger partial charge in [0.15, 0.2) is 12.1 Å². The first-order valence-electron chi connectivity index (χ1n) is 7.85. The van der Waals surface area contributed by atoms with Crippen LogP contribution in [-0.2, 0) is 14.2 Å². The Morgan fingerprint density at radius 2 is 1.44 bits per heavy atom. The van der Waals surface area contributed by atoms with Gasteiger partial charge in [0.05, 0.1) is 13.2 Å². The molecule has 11 nitrogen and oxygen atoms in total. The minimum atomic E-state index is -2.20. The van der Waals surface area contributed by atoms with Crippen molar-refractivity contribution < 1.29 is 55.1 Å². The van der Waals surface area contributed by atoms with E-state index in [0.717, 1.165) is 13.8 Å². The zero-order valence-electron chi connectivity index (χ0n) is 13.8. The Kier molecular flexibility index (Phi) is 6.08. The van der Waals surface area contributed by atoms with E-state index in [4.69, 9.17) is 14.2 Å². The molecule has 0 aromatic heterocycles. The molecule has 5 unspecified atom stereocenters. The lowest BCUT2D eigenvalue weighted by Gasteiger charge is -2.52. The van der Waals surface area contributed by atoms with Gasteiger partial charge < -0.3 is 55.1 Å². The second kappa shape index (κ2) is 7.29. The van der Waals surface area contributed by atoms with Crippen LogP contribution in [0.5, 0.6) is 0 Å². The first-order valence-corrected chi connectivity index (χ1v) is 7.85. The van der Waals surface area contributed by atoms with Crippen LogP contribution in [0, 0.1) is 0 Å². The molecule has 2 saturated heterocycles. The maximum atomic E-state index is 10.4. The van der Waals surface area contributed by atoms with Gasteiger partial charge in [0.25, 0.3) is 0 Å². The van der Waals surface area contributed by atoms with Crippen LogP contribution in [0.3, 0.4) is 0 Å². The Morgan fingerprint density at radius 1 is 0.880 bits per heavy atom. The molecular formula is C14H26O11. The monoisotopic (exact) mass is 370 g/mol. The van der Waals surface area contributed by atoms with E-state index in [1.165, 1.54) is 0 Å². The van der Waals surface area contributed by atoms with Crippen LogP contribution >= 0.6 is 0 Å². The van der Waals surface area contributed by atoms with Crippen LogP contribution in [-0.4, -0.2) is 114 Å². The van der Waals surface area contributed by atoms with E-state index in [9.17, 15) is 40.9 Å². The van der Waals surface area contributed by atoms with Crippen molar-refractivity contribution in [2.45, 2.75) is 74.3 Å². The molecule has 0 bridgehead atoms. The fraction of sp³-hybridized carbons (Fsp3) is 1.00. The number of ether oxygens (including phenoxy) is 3. The second-order valence-corrected chi connectivity index (χ2v) is 6.71. The lowest BCUT2D eigenvalue weighted by molar-refractivity contribution is -0.402. The lowest BCUT2D eigenvalue weighted by atomic mass is 9.82. The lowest BCUT2D eigenvalue weighted by Crippen LogP contribution is -2.72. The van der Waals surface area contributed by atoms with Crippen LogP contribution < -0.4 is 0 Å². The molecule has 2 aliphatic rings. The molecule has 0 aromatic carbocycles. The topological polar surface area (TPSA) is 190 Å². The van der Waals surface area contributed by atoms with E-state index in [1.807, 2.05) is 0 Å². The summed E-state index contributed by atoms with van der Waals surface area (Å²) in [7, 11) is 0. The molecule has 148 valence electrons. The zero-order valence-corrected chi connectivity index (χ0v) is 13.8. The van der Waals surface area contributed by atoms with E-state index in [1.54, 1.807) is 0 Å². The van der Waals surface area contributed by atoms with Crippen molar-refractivity contribution in [1.82, 2.24) is 0 Å². The van der Waals surface area contributed by atoms with Crippen LogP contribution in [0.15, 0.2) is 0 Å². The van der Waals surface area contributed by atoms with Gasteiger partial charge in [-0.15, -0.1) is 0 Å². The van der Waals surface area contributed by atoms with E-state index in [0.29, 0.717) is 0 Å². The predicted octanol–water partition coefficient (Wildman–Crippen LogP) is -4.62. The highest BCUT2D eigenvalue weighted by atomic mass is 16.7. The first-order chi connectivity index (χ1) is 11.5. The molecule has 0 spiro atoms. The smallest absolute Gasteiger partial charge is 0.194 e.